The lowest BCUT2D eigenvalue weighted by Crippen LogP contribution is -2.29. The van der Waals surface area contributed by atoms with Crippen molar-refractivity contribution in [2.45, 2.75) is 26.2 Å². The molecule has 0 saturated carbocycles. The van der Waals surface area contributed by atoms with Crippen molar-refractivity contribution >= 4 is 11.9 Å². The Balaban J connectivity index is 2.33. The number of aryl methyl sites for hydroxylation is 1. The van der Waals surface area contributed by atoms with Crippen LogP contribution in [0.25, 0.3) is 0 Å². The molecule has 0 atom stereocenters. The molecule has 1 rings (SSSR count). The summed E-state index contributed by atoms with van der Waals surface area (Å²) in [5, 5.41) is 10.7. The van der Waals surface area contributed by atoms with Gasteiger partial charge in [0.05, 0.1) is 6.61 Å². The molecule has 0 bridgehead atoms. The maximum Gasteiger partial charge on any atom is 0.322 e. The molecule has 0 aliphatic rings. The predicted octanol–water partition coefficient (Wildman–Crippen LogP) is 1.61. The first-order valence-corrected chi connectivity index (χ1v) is 6.32. The molecule has 19 heavy (non-hydrogen) atoms. The smallest absolute Gasteiger partial charge is 0.322 e. The van der Waals surface area contributed by atoms with Crippen molar-refractivity contribution < 1.29 is 19.4 Å². The number of nitrogens with one attached hydrogen (secondary N) is 1. The largest absolute Gasteiger partial charge is 0.494 e. The molecule has 0 aliphatic carbocycles. The fourth-order valence-electron chi connectivity index (χ4n) is 1.49. The number of carboxylic acids is 1. The van der Waals surface area contributed by atoms with Gasteiger partial charge in [0.15, 0.2) is 0 Å². The van der Waals surface area contributed by atoms with Crippen molar-refractivity contribution in [3.05, 3.63) is 29.8 Å². The number of carboxylic acid groups (broad SMARTS) is 1. The van der Waals surface area contributed by atoms with Gasteiger partial charge in [0.25, 0.3) is 0 Å². The number of hydrogen-bond acceptors (Lipinski definition) is 3. The molecule has 2 N–H and O–H groups in total. The average molecular weight is 265 g/mol. The van der Waals surface area contributed by atoms with Crippen LogP contribution in [0.2, 0.25) is 0 Å². The van der Waals surface area contributed by atoms with Crippen LogP contribution in [0.1, 0.15) is 25.3 Å². The monoisotopic (exact) mass is 265 g/mol. The van der Waals surface area contributed by atoms with Crippen molar-refractivity contribution in [3.63, 3.8) is 0 Å². The zero-order valence-electron chi connectivity index (χ0n) is 11.0. The van der Waals surface area contributed by atoms with E-state index in [0.717, 1.165) is 17.7 Å². The van der Waals surface area contributed by atoms with E-state index in [0.29, 0.717) is 13.0 Å². The molecule has 0 unspecified atom stereocenters. The van der Waals surface area contributed by atoms with Gasteiger partial charge in [-0.25, -0.2) is 0 Å². The summed E-state index contributed by atoms with van der Waals surface area (Å²) in [6.07, 6.45) is 1.83. The summed E-state index contributed by atoms with van der Waals surface area (Å²) in [5.41, 5.74) is 1.02. The van der Waals surface area contributed by atoms with Crippen molar-refractivity contribution in [1.29, 1.82) is 0 Å². The normalized spacial score (nSPS) is 9.95. The number of carbonyl (C=O) groups is 2. The van der Waals surface area contributed by atoms with Gasteiger partial charge in [0.1, 0.15) is 12.3 Å². The van der Waals surface area contributed by atoms with E-state index in [9.17, 15) is 9.59 Å². The lowest BCUT2D eigenvalue weighted by Gasteiger charge is -2.06. The zero-order valence-corrected chi connectivity index (χ0v) is 11.0. The lowest BCUT2D eigenvalue weighted by molar-refractivity contribution is -0.137. The van der Waals surface area contributed by atoms with E-state index >= 15 is 0 Å². The topological polar surface area (TPSA) is 75.6 Å². The Labute approximate surface area is 112 Å². The Kier molecular flexibility index (Phi) is 6.43. The lowest BCUT2D eigenvalue weighted by atomic mass is 10.1. The summed E-state index contributed by atoms with van der Waals surface area (Å²) in [7, 11) is 0. The summed E-state index contributed by atoms with van der Waals surface area (Å²) < 4.78 is 5.46. The summed E-state index contributed by atoms with van der Waals surface area (Å²) in [5.74, 6) is -0.472. The van der Waals surface area contributed by atoms with Crippen LogP contribution in [0.15, 0.2) is 24.3 Å². The van der Waals surface area contributed by atoms with E-state index in [2.05, 4.69) is 5.32 Å². The fourth-order valence-corrected chi connectivity index (χ4v) is 1.49. The van der Waals surface area contributed by atoms with Gasteiger partial charge in [0.2, 0.25) is 5.91 Å². The molecule has 0 radical (unpaired) electrons. The Morgan fingerprint density at radius 3 is 2.53 bits per heavy atom. The first-order chi connectivity index (χ1) is 9.11. The van der Waals surface area contributed by atoms with E-state index in [4.69, 9.17) is 9.84 Å². The van der Waals surface area contributed by atoms with Gasteiger partial charge in [-0.2, -0.15) is 0 Å². The van der Waals surface area contributed by atoms with Gasteiger partial charge in [-0.05, 0) is 30.5 Å². The first-order valence-electron chi connectivity index (χ1n) is 6.32. The van der Waals surface area contributed by atoms with Crippen LogP contribution >= 0.6 is 0 Å². The molecule has 1 amide bonds. The highest BCUT2D eigenvalue weighted by Crippen LogP contribution is 2.13. The number of benzene rings is 1. The summed E-state index contributed by atoms with van der Waals surface area (Å²) in [4.78, 5) is 21.6. The van der Waals surface area contributed by atoms with Crippen molar-refractivity contribution in [3.8, 4) is 5.75 Å². The van der Waals surface area contributed by atoms with Gasteiger partial charge >= 0.3 is 5.97 Å². The number of carbonyl (C=O) groups excluding carboxylic acids is 1. The zero-order chi connectivity index (χ0) is 14.1. The molecular formula is C14H19NO4. The van der Waals surface area contributed by atoms with Crippen LogP contribution in [0.4, 0.5) is 0 Å². The Morgan fingerprint density at radius 2 is 1.95 bits per heavy atom. The summed E-state index contributed by atoms with van der Waals surface area (Å²) in [6, 6.07) is 7.57. The van der Waals surface area contributed by atoms with Gasteiger partial charge in [-0.3, -0.25) is 9.59 Å². The minimum absolute atomic E-state index is 0.256. The third kappa shape index (κ3) is 6.45. The summed E-state index contributed by atoms with van der Waals surface area (Å²) >= 11 is 0. The minimum Gasteiger partial charge on any atom is -0.494 e. The standard InChI is InChI=1S/C14H19NO4/c1-2-9-19-12-6-3-11(4-7-12)5-8-13(16)15-10-14(17)18/h3-4,6-7H,2,5,8-10H2,1H3,(H,15,16)(H,17,18). The van der Waals surface area contributed by atoms with E-state index in [-0.39, 0.29) is 18.9 Å². The Hall–Kier alpha value is -2.04. The van der Waals surface area contributed by atoms with Gasteiger partial charge < -0.3 is 15.2 Å². The van der Waals surface area contributed by atoms with Crippen LogP contribution < -0.4 is 10.1 Å². The number of aliphatic carboxylic acids is 1. The maximum atomic E-state index is 11.3. The molecule has 0 heterocycles. The predicted molar refractivity (Wildman–Crippen MR) is 71.2 cm³/mol. The molecule has 0 spiro atoms. The average Bonchev–Trinajstić information content (AvgIpc) is 2.41. The minimum atomic E-state index is -1.04. The quantitative estimate of drug-likeness (QED) is 0.748. The van der Waals surface area contributed by atoms with E-state index in [1.807, 2.05) is 31.2 Å². The number of ether oxygens (including phenoxy) is 1. The van der Waals surface area contributed by atoms with Crippen molar-refractivity contribution in [1.82, 2.24) is 5.32 Å². The second-order valence-corrected chi connectivity index (χ2v) is 4.16. The first kappa shape index (κ1) is 15.0. The summed E-state index contributed by atoms with van der Waals surface area (Å²) in [6.45, 7) is 2.41. The van der Waals surface area contributed by atoms with Gasteiger partial charge in [0, 0.05) is 6.42 Å². The second kappa shape index (κ2) is 8.13. The van der Waals surface area contributed by atoms with Crippen LogP contribution in [-0.4, -0.2) is 30.1 Å². The molecule has 0 aromatic heterocycles. The maximum absolute atomic E-state index is 11.3. The fraction of sp³-hybridized carbons (Fsp3) is 0.429. The molecule has 1 aromatic rings. The Bertz CT molecular complexity index is 414. The highest BCUT2D eigenvalue weighted by molar-refractivity contribution is 5.81. The Morgan fingerprint density at radius 1 is 1.26 bits per heavy atom. The van der Waals surface area contributed by atoms with Crippen LogP contribution in [0.5, 0.6) is 5.75 Å². The third-order valence-corrected chi connectivity index (χ3v) is 2.47. The molecule has 5 heteroatoms. The molecule has 104 valence electrons. The highest BCUT2D eigenvalue weighted by Gasteiger charge is 2.04. The van der Waals surface area contributed by atoms with Crippen molar-refractivity contribution in [2.24, 2.45) is 0 Å². The molecule has 0 saturated heterocycles. The van der Waals surface area contributed by atoms with E-state index in [1.54, 1.807) is 0 Å². The van der Waals surface area contributed by atoms with E-state index in [1.165, 1.54) is 0 Å². The van der Waals surface area contributed by atoms with Gasteiger partial charge in [-0.1, -0.05) is 19.1 Å². The van der Waals surface area contributed by atoms with Crippen LogP contribution in [0.3, 0.4) is 0 Å². The van der Waals surface area contributed by atoms with E-state index < -0.39 is 5.97 Å². The van der Waals surface area contributed by atoms with Crippen LogP contribution in [-0.2, 0) is 16.0 Å². The molecule has 0 aliphatic heterocycles. The third-order valence-electron chi connectivity index (χ3n) is 2.47. The SMILES string of the molecule is CCCOc1ccc(CCC(=O)NCC(=O)O)cc1. The number of rotatable bonds is 8. The highest BCUT2D eigenvalue weighted by atomic mass is 16.5. The van der Waals surface area contributed by atoms with Gasteiger partial charge in [-0.15, -0.1) is 0 Å². The van der Waals surface area contributed by atoms with Crippen LogP contribution in [0, 0.1) is 0 Å². The number of amides is 1. The molecular weight excluding hydrogens is 246 g/mol. The molecule has 5 nitrogen and oxygen atoms in total. The number of hydrogen-bond donors (Lipinski definition) is 2. The molecule has 1 aromatic carbocycles. The second-order valence-electron chi connectivity index (χ2n) is 4.16. The molecule has 0 fully saturated rings. The van der Waals surface area contributed by atoms with Crippen molar-refractivity contribution in [2.75, 3.05) is 13.2 Å².